The van der Waals surface area contributed by atoms with Crippen molar-refractivity contribution in [2.75, 3.05) is 17.2 Å². The molecule has 0 aliphatic heterocycles. The molecule has 6 heteroatoms. The lowest BCUT2D eigenvalue weighted by Gasteiger charge is -2.13. The van der Waals surface area contributed by atoms with Gasteiger partial charge in [0.2, 0.25) is 0 Å². The number of carbonyl (C=O) groups is 1. The van der Waals surface area contributed by atoms with Crippen LogP contribution in [0.5, 0.6) is 0 Å². The minimum Gasteiger partial charge on any atom is -0.368 e. The van der Waals surface area contributed by atoms with Crippen LogP contribution in [0.15, 0.2) is 23.8 Å². The van der Waals surface area contributed by atoms with E-state index in [4.69, 9.17) is 0 Å². The summed E-state index contributed by atoms with van der Waals surface area (Å²) in [4.78, 5) is 11.6. The van der Waals surface area contributed by atoms with Crippen LogP contribution in [-0.2, 0) is 0 Å². The Kier molecular flexibility index (Phi) is 4.88. The van der Waals surface area contributed by atoms with E-state index in [1.165, 1.54) is 25.7 Å². The molecule has 1 aromatic rings. The number of urea groups is 1. The third kappa shape index (κ3) is 4.72. The monoisotopic (exact) mass is 301 g/mol. The molecule has 0 saturated heterocycles. The van der Waals surface area contributed by atoms with Crippen molar-refractivity contribution in [3.63, 3.8) is 0 Å². The standard InChI is InChI=1S/C16H23N5O/c22-16(18-13-6-7-13)19-15-9-8-14(20-21-15)17-11-10-12-4-2-1-3-5-12/h4,8-9,13H,1-3,5-7,10-11H2,(H,17,20)(H2,18,19,21,22). The van der Waals surface area contributed by atoms with Gasteiger partial charge < -0.3 is 10.6 Å². The van der Waals surface area contributed by atoms with Crippen LogP contribution < -0.4 is 16.0 Å². The van der Waals surface area contributed by atoms with Gasteiger partial charge in [0.15, 0.2) is 5.82 Å². The minimum absolute atomic E-state index is 0.207. The maximum absolute atomic E-state index is 11.6. The van der Waals surface area contributed by atoms with E-state index in [1.807, 2.05) is 6.07 Å². The molecule has 0 radical (unpaired) electrons. The van der Waals surface area contributed by atoms with Crippen molar-refractivity contribution < 1.29 is 4.79 Å². The lowest BCUT2D eigenvalue weighted by Crippen LogP contribution is -2.30. The molecule has 0 atom stereocenters. The molecule has 1 fully saturated rings. The van der Waals surface area contributed by atoms with Crippen molar-refractivity contribution in [1.29, 1.82) is 0 Å². The first-order valence-corrected chi connectivity index (χ1v) is 8.12. The molecule has 1 heterocycles. The fraction of sp³-hybridized carbons (Fsp3) is 0.562. The van der Waals surface area contributed by atoms with Crippen LogP contribution in [0.1, 0.15) is 44.9 Å². The summed E-state index contributed by atoms with van der Waals surface area (Å²) in [5.41, 5.74) is 1.54. The van der Waals surface area contributed by atoms with Gasteiger partial charge in [0.25, 0.3) is 0 Å². The lowest BCUT2D eigenvalue weighted by molar-refractivity contribution is 0.251. The first-order chi connectivity index (χ1) is 10.8. The third-order valence-electron chi connectivity index (χ3n) is 3.96. The molecule has 0 unspecified atom stereocenters. The Hall–Kier alpha value is -2.11. The third-order valence-corrected chi connectivity index (χ3v) is 3.96. The quantitative estimate of drug-likeness (QED) is 0.706. The summed E-state index contributed by atoms with van der Waals surface area (Å²) in [6.07, 6.45) is 10.6. The summed E-state index contributed by atoms with van der Waals surface area (Å²) >= 11 is 0. The smallest absolute Gasteiger partial charge is 0.320 e. The highest BCUT2D eigenvalue weighted by atomic mass is 16.2. The number of nitrogens with one attached hydrogen (secondary N) is 3. The minimum atomic E-state index is -0.207. The number of hydrogen-bond donors (Lipinski definition) is 3. The number of carbonyl (C=O) groups excluding carboxylic acids is 1. The number of hydrogen-bond acceptors (Lipinski definition) is 4. The molecule has 22 heavy (non-hydrogen) atoms. The summed E-state index contributed by atoms with van der Waals surface area (Å²) in [6, 6.07) is 3.74. The van der Waals surface area contributed by atoms with Crippen LogP contribution in [0, 0.1) is 0 Å². The van der Waals surface area contributed by atoms with Crippen LogP contribution in [0.3, 0.4) is 0 Å². The van der Waals surface area contributed by atoms with Crippen LogP contribution in [0.25, 0.3) is 0 Å². The van der Waals surface area contributed by atoms with Gasteiger partial charge in [0, 0.05) is 12.6 Å². The van der Waals surface area contributed by atoms with Crippen molar-refractivity contribution in [3.05, 3.63) is 23.8 Å². The SMILES string of the molecule is O=C(Nc1ccc(NCCC2=CCCCC2)nn1)NC1CC1. The van der Waals surface area contributed by atoms with Crippen LogP contribution >= 0.6 is 0 Å². The number of anilines is 2. The highest BCUT2D eigenvalue weighted by Crippen LogP contribution is 2.20. The summed E-state index contributed by atoms with van der Waals surface area (Å²) in [5.74, 6) is 1.21. The van der Waals surface area contributed by atoms with E-state index in [0.717, 1.165) is 31.6 Å². The summed E-state index contributed by atoms with van der Waals surface area (Å²) in [7, 11) is 0. The molecule has 118 valence electrons. The van der Waals surface area contributed by atoms with Crippen molar-refractivity contribution in [2.45, 2.75) is 51.0 Å². The maximum atomic E-state index is 11.6. The van der Waals surface area contributed by atoms with Gasteiger partial charge in [-0.15, -0.1) is 10.2 Å². The van der Waals surface area contributed by atoms with Gasteiger partial charge in [-0.2, -0.15) is 0 Å². The number of aromatic nitrogens is 2. The van der Waals surface area contributed by atoms with E-state index in [0.29, 0.717) is 11.9 Å². The topological polar surface area (TPSA) is 78.9 Å². The zero-order chi connectivity index (χ0) is 15.2. The van der Waals surface area contributed by atoms with Gasteiger partial charge in [-0.1, -0.05) is 11.6 Å². The second kappa shape index (κ2) is 7.24. The van der Waals surface area contributed by atoms with Crippen molar-refractivity contribution in [1.82, 2.24) is 15.5 Å². The number of nitrogens with zero attached hydrogens (tertiary/aromatic N) is 2. The van der Waals surface area contributed by atoms with Crippen LogP contribution in [0.4, 0.5) is 16.4 Å². The molecule has 1 aromatic heterocycles. The van der Waals surface area contributed by atoms with Crippen molar-refractivity contribution in [3.8, 4) is 0 Å². The molecule has 2 aliphatic rings. The molecular weight excluding hydrogens is 278 g/mol. The second-order valence-electron chi connectivity index (χ2n) is 5.96. The Labute approximate surface area is 130 Å². The van der Waals surface area contributed by atoms with E-state index in [2.05, 4.69) is 32.2 Å². The second-order valence-corrected chi connectivity index (χ2v) is 5.96. The first-order valence-electron chi connectivity index (χ1n) is 8.12. The molecular formula is C16H23N5O. The zero-order valence-corrected chi connectivity index (χ0v) is 12.8. The number of amides is 2. The predicted molar refractivity (Wildman–Crippen MR) is 86.9 cm³/mol. The van der Waals surface area contributed by atoms with Gasteiger partial charge >= 0.3 is 6.03 Å². The fourth-order valence-corrected chi connectivity index (χ4v) is 2.54. The van der Waals surface area contributed by atoms with Crippen molar-refractivity contribution in [2.24, 2.45) is 0 Å². The maximum Gasteiger partial charge on any atom is 0.320 e. The molecule has 2 amide bonds. The summed E-state index contributed by atoms with van der Waals surface area (Å²) in [5, 5.41) is 16.9. The van der Waals surface area contributed by atoms with Gasteiger partial charge in [-0.05, 0) is 57.1 Å². The molecule has 0 bridgehead atoms. The highest BCUT2D eigenvalue weighted by molar-refractivity contribution is 5.88. The molecule has 0 spiro atoms. The van der Waals surface area contributed by atoms with E-state index in [1.54, 1.807) is 11.6 Å². The van der Waals surface area contributed by atoms with E-state index in [-0.39, 0.29) is 6.03 Å². The number of allylic oxidation sites excluding steroid dienone is 1. The van der Waals surface area contributed by atoms with Gasteiger partial charge in [0.05, 0.1) is 0 Å². The Morgan fingerprint density at radius 1 is 1.18 bits per heavy atom. The van der Waals surface area contributed by atoms with Gasteiger partial charge in [-0.3, -0.25) is 5.32 Å². The normalized spacial score (nSPS) is 17.5. The largest absolute Gasteiger partial charge is 0.368 e. The zero-order valence-electron chi connectivity index (χ0n) is 12.8. The molecule has 2 aliphatic carbocycles. The molecule has 6 nitrogen and oxygen atoms in total. The first kappa shape index (κ1) is 14.8. The molecule has 3 rings (SSSR count). The van der Waals surface area contributed by atoms with E-state index in [9.17, 15) is 4.79 Å². The van der Waals surface area contributed by atoms with Gasteiger partial charge in [-0.25, -0.2) is 4.79 Å². The Bertz CT molecular complexity index is 536. The molecule has 1 saturated carbocycles. The van der Waals surface area contributed by atoms with Crippen molar-refractivity contribution >= 4 is 17.7 Å². The average molecular weight is 301 g/mol. The van der Waals surface area contributed by atoms with Crippen LogP contribution in [0.2, 0.25) is 0 Å². The summed E-state index contributed by atoms with van der Waals surface area (Å²) < 4.78 is 0. The Morgan fingerprint density at radius 2 is 2.00 bits per heavy atom. The average Bonchev–Trinajstić information content (AvgIpc) is 3.34. The number of rotatable bonds is 6. The Balaban J connectivity index is 1.40. The van der Waals surface area contributed by atoms with Crippen LogP contribution in [-0.4, -0.2) is 28.8 Å². The van der Waals surface area contributed by atoms with E-state index < -0.39 is 0 Å². The highest BCUT2D eigenvalue weighted by Gasteiger charge is 2.23. The lowest BCUT2D eigenvalue weighted by atomic mass is 9.97. The van der Waals surface area contributed by atoms with E-state index >= 15 is 0 Å². The molecule has 3 N–H and O–H groups in total. The summed E-state index contributed by atoms with van der Waals surface area (Å²) in [6.45, 7) is 0.870. The molecule has 0 aromatic carbocycles. The fourth-order valence-electron chi connectivity index (χ4n) is 2.54. The predicted octanol–water partition coefficient (Wildman–Crippen LogP) is 3.06. The Morgan fingerprint density at radius 3 is 2.68 bits per heavy atom. The van der Waals surface area contributed by atoms with Gasteiger partial charge in [0.1, 0.15) is 5.82 Å².